The molecule has 1 fully saturated rings. The van der Waals surface area contributed by atoms with Crippen molar-refractivity contribution in [1.29, 1.82) is 0 Å². The highest BCUT2D eigenvalue weighted by atomic mass is 16.2. The zero-order valence-corrected chi connectivity index (χ0v) is 13.9. The van der Waals surface area contributed by atoms with Crippen LogP contribution in [0.5, 0.6) is 0 Å². The molecule has 1 saturated heterocycles. The average Bonchev–Trinajstić information content (AvgIpc) is 2.54. The van der Waals surface area contributed by atoms with Gasteiger partial charge in [0.05, 0.1) is 6.54 Å². The van der Waals surface area contributed by atoms with Gasteiger partial charge in [0.2, 0.25) is 5.91 Å². The van der Waals surface area contributed by atoms with Crippen molar-refractivity contribution in [2.24, 2.45) is 0 Å². The second kappa shape index (κ2) is 8.91. The highest BCUT2D eigenvalue weighted by molar-refractivity contribution is 5.78. The lowest BCUT2D eigenvalue weighted by Gasteiger charge is -2.39. The molecule has 0 aliphatic carbocycles. The van der Waals surface area contributed by atoms with Gasteiger partial charge >= 0.3 is 0 Å². The van der Waals surface area contributed by atoms with Gasteiger partial charge in [-0.25, -0.2) is 0 Å². The Morgan fingerprint density at radius 2 is 2.14 bits per heavy atom. The van der Waals surface area contributed by atoms with E-state index in [1.165, 1.54) is 12.0 Å². The SMILES string of the molecule is CCCN(C(=O)CNC)C1CCCN(Cc2ccccc2)C1. The molecule has 4 heteroatoms. The second-order valence-electron chi connectivity index (χ2n) is 6.13. The van der Waals surface area contributed by atoms with Crippen molar-refractivity contribution in [2.75, 3.05) is 33.2 Å². The molecule has 1 aromatic carbocycles. The summed E-state index contributed by atoms with van der Waals surface area (Å²) in [6, 6.07) is 11.0. The van der Waals surface area contributed by atoms with E-state index in [1.807, 2.05) is 7.05 Å². The number of likely N-dealkylation sites (N-methyl/N-ethyl adjacent to an activating group) is 1. The van der Waals surface area contributed by atoms with E-state index in [9.17, 15) is 4.79 Å². The van der Waals surface area contributed by atoms with E-state index < -0.39 is 0 Å². The minimum Gasteiger partial charge on any atom is -0.337 e. The summed E-state index contributed by atoms with van der Waals surface area (Å²) < 4.78 is 0. The molecule has 1 N–H and O–H groups in total. The maximum Gasteiger partial charge on any atom is 0.236 e. The zero-order valence-electron chi connectivity index (χ0n) is 13.9. The number of nitrogens with one attached hydrogen (secondary N) is 1. The predicted molar refractivity (Wildman–Crippen MR) is 90.7 cm³/mol. The molecule has 0 aromatic heterocycles. The van der Waals surface area contributed by atoms with Crippen molar-refractivity contribution < 1.29 is 4.79 Å². The van der Waals surface area contributed by atoms with Crippen LogP contribution in [0.3, 0.4) is 0 Å². The van der Waals surface area contributed by atoms with Crippen molar-refractivity contribution in [3.8, 4) is 0 Å². The third-order valence-corrected chi connectivity index (χ3v) is 4.28. The number of rotatable bonds is 7. The third kappa shape index (κ3) is 4.82. The van der Waals surface area contributed by atoms with Gasteiger partial charge in [0, 0.05) is 25.7 Å². The molecule has 1 amide bonds. The topological polar surface area (TPSA) is 35.6 Å². The van der Waals surface area contributed by atoms with Crippen LogP contribution in [0.15, 0.2) is 30.3 Å². The maximum absolute atomic E-state index is 12.3. The maximum atomic E-state index is 12.3. The van der Waals surface area contributed by atoms with Gasteiger partial charge in [-0.3, -0.25) is 9.69 Å². The Labute approximate surface area is 134 Å². The fourth-order valence-electron chi connectivity index (χ4n) is 3.28. The van der Waals surface area contributed by atoms with Crippen molar-refractivity contribution in [3.63, 3.8) is 0 Å². The van der Waals surface area contributed by atoms with Crippen molar-refractivity contribution in [2.45, 2.75) is 38.8 Å². The second-order valence-corrected chi connectivity index (χ2v) is 6.13. The quantitative estimate of drug-likeness (QED) is 0.838. The van der Waals surface area contributed by atoms with Crippen LogP contribution >= 0.6 is 0 Å². The molecule has 0 radical (unpaired) electrons. The zero-order chi connectivity index (χ0) is 15.8. The molecule has 1 aliphatic rings. The number of benzene rings is 1. The van der Waals surface area contributed by atoms with Crippen LogP contribution in [0, 0.1) is 0 Å². The molecule has 0 bridgehead atoms. The summed E-state index contributed by atoms with van der Waals surface area (Å²) in [6.07, 6.45) is 3.32. The lowest BCUT2D eigenvalue weighted by molar-refractivity contribution is -0.133. The highest BCUT2D eigenvalue weighted by Crippen LogP contribution is 2.18. The van der Waals surface area contributed by atoms with Crippen LogP contribution in [0.1, 0.15) is 31.7 Å². The fourth-order valence-corrected chi connectivity index (χ4v) is 3.28. The van der Waals surface area contributed by atoms with Gasteiger partial charge < -0.3 is 10.2 Å². The Balaban J connectivity index is 1.96. The van der Waals surface area contributed by atoms with Gasteiger partial charge in [0.25, 0.3) is 0 Å². The minimum absolute atomic E-state index is 0.232. The number of carbonyl (C=O) groups excluding carboxylic acids is 1. The summed E-state index contributed by atoms with van der Waals surface area (Å²) in [5, 5.41) is 2.99. The number of amides is 1. The highest BCUT2D eigenvalue weighted by Gasteiger charge is 2.27. The molecule has 1 unspecified atom stereocenters. The van der Waals surface area contributed by atoms with E-state index in [1.54, 1.807) is 0 Å². The minimum atomic E-state index is 0.232. The Morgan fingerprint density at radius 1 is 1.36 bits per heavy atom. The number of piperidine rings is 1. The van der Waals surface area contributed by atoms with Gasteiger partial charge in [0.1, 0.15) is 0 Å². The predicted octanol–water partition coefficient (Wildman–Crippen LogP) is 2.11. The summed E-state index contributed by atoms with van der Waals surface area (Å²) in [6.45, 7) is 6.55. The third-order valence-electron chi connectivity index (χ3n) is 4.28. The molecule has 22 heavy (non-hydrogen) atoms. The first-order chi connectivity index (χ1) is 10.7. The van der Waals surface area contributed by atoms with Gasteiger partial charge in [0.15, 0.2) is 0 Å². The number of nitrogens with zero attached hydrogens (tertiary/aromatic N) is 2. The summed E-state index contributed by atoms with van der Waals surface area (Å²) in [4.78, 5) is 16.9. The number of hydrogen-bond acceptors (Lipinski definition) is 3. The summed E-state index contributed by atoms with van der Waals surface area (Å²) >= 11 is 0. The fraction of sp³-hybridized carbons (Fsp3) is 0.611. The molecule has 4 nitrogen and oxygen atoms in total. The van der Waals surface area contributed by atoms with Crippen molar-refractivity contribution >= 4 is 5.91 Å². The van der Waals surface area contributed by atoms with Crippen LogP contribution in [0.4, 0.5) is 0 Å². The monoisotopic (exact) mass is 303 g/mol. The van der Waals surface area contributed by atoms with Crippen LogP contribution in [0.25, 0.3) is 0 Å². The van der Waals surface area contributed by atoms with Crippen LogP contribution < -0.4 is 5.32 Å². The van der Waals surface area contributed by atoms with Gasteiger partial charge in [-0.15, -0.1) is 0 Å². The summed E-state index contributed by atoms with van der Waals surface area (Å²) in [5.74, 6) is 0.232. The van der Waals surface area contributed by atoms with E-state index in [0.29, 0.717) is 12.6 Å². The van der Waals surface area contributed by atoms with Gasteiger partial charge in [-0.1, -0.05) is 37.3 Å². The number of carbonyl (C=O) groups is 1. The summed E-state index contributed by atoms with van der Waals surface area (Å²) in [7, 11) is 1.84. The Morgan fingerprint density at radius 3 is 2.82 bits per heavy atom. The average molecular weight is 303 g/mol. The molecule has 1 aliphatic heterocycles. The number of hydrogen-bond donors (Lipinski definition) is 1. The van der Waals surface area contributed by atoms with Crippen molar-refractivity contribution in [3.05, 3.63) is 35.9 Å². The van der Waals surface area contributed by atoms with E-state index >= 15 is 0 Å². The molecular weight excluding hydrogens is 274 g/mol. The first-order valence-corrected chi connectivity index (χ1v) is 8.45. The Kier molecular flexibility index (Phi) is 6.87. The van der Waals surface area contributed by atoms with E-state index in [-0.39, 0.29) is 5.91 Å². The van der Waals surface area contributed by atoms with Crippen LogP contribution in [-0.2, 0) is 11.3 Å². The largest absolute Gasteiger partial charge is 0.337 e. The molecule has 0 saturated carbocycles. The van der Waals surface area contributed by atoms with E-state index in [4.69, 9.17) is 0 Å². The van der Waals surface area contributed by atoms with Gasteiger partial charge in [-0.2, -0.15) is 0 Å². The first kappa shape index (κ1) is 17.0. The lowest BCUT2D eigenvalue weighted by Crippen LogP contribution is -2.51. The van der Waals surface area contributed by atoms with Gasteiger partial charge in [-0.05, 0) is 38.4 Å². The van der Waals surface area contributed by atoms with E-state index in [2.05, 4.69) is 52.4 Å². The lowest BCUT2D eigenvalue weighted by atomic mass is 10.0. The molecule has 1 atom stereocenters. The molecule has 122 valence electrons. The Bertz CT molecular complexity index is 449. The standard InChI is InChI=1S/C18H29N3O/c1-3-11-21(18(22)13-19-2)17-10-7-12-20(15-17)14-16-8-5-4-6-9-16/h4-6,8-9,17,19H,3,7,10-15H2,1-2H3. The van der Waals surface area contributed by atoms with Crippen LogP contribution in [0.2, 0.25) is 0 Å². The smallest absolute Gasteiger partial charge is 0.236 e. The molecule has 1 aromatic rings. The number of likely N-dealkylation sites (tertiary alicyclic amines) is 1. The first-order valence-electron chi connectivity index (χ1n) is 8.45. The normalized spacial score (nSPS) is 19.1. The molecule has 2 rings (SSSR count). The Hall–Kier alpha value is -1.39. The van der Waals surface area contributed by atoms with Crippen molar-refractivity contribution in [1.82, 2.24) is 15.1 Å². The summed E-state index contributed by atoms with van der Waals surface area (Å²) in [5.41, 5.74) is 1.35. The molecule has 0 spiro atoms. The van der Waals surface area contributed by atoms with E-state index in [0.717, 1.165) is 39.0 Å². The molecule has 1 heterocycles. The molecular formula is C18H29N3O. The van der Waals surface area contributed by atoms with Crippen LogP contribution in [-0.4, -0.2) is 55.0 Å².